The van der Waals surface area contributed by atoms with Crippen molar-refractivity contribution in [3.05, 3.63) is 0 Å². The maximum absolute atomic E-state index is 10.4. The molecule has 0 rings (SSSR count). The van der Waals surface area contributed by atoms with Crippen molar-refractivity contribution in [3.63, 3.8) is 0 Å². The lowest BCUT2D eigenvalue weighted by Crippen LogP contribution is -2.32. The van der Waals surface area contributed by atoms with E-state index < -0.39 is 5.60 Å². The highest BCUT2D eigenvalue weighted by Crippen LogP contribution is 2.29. The second-order valence-electron chi connectivity index (χ2n) is 5.12. The standard InChI is InChI=1S/C13H24O/c1-6-7-8-13(14,9-11(2)3)10-12(4)5/h1,11-12,14H,7-10H2,2-5H3. The lowest BCUT2D eigenvalue weighted by Gasteiger charge is -2.31. The van der Waals surface area contributed by atoms with Gasteiger partial charge in [-0.2, -0.15) is 0 Å². The first-order valence-electron chi connectivity index (χ1n) is 5.55. The SMILES string of the molecule is C#CCCC(O)(CC(C)C)CC(C)C. The van der Waals surface area contributed by atoms with Crippen LogP contribution in [-0.4, -0.2) is 10.7 Å². The summed E-state index contributed by atoms with van der Waals surface area (Å²) < 4.78 is 0. The van der Waals surface area contributed by atoms with Gasteiger partial charge >= 0.3 is 0 Å². The predicted octanol–water partition coefficient (Wildman–Crippen LogP) is 3.22. The second kappa shape index (κ2) is 6.09. The van der Waals surface area contributed by atoms with Gasteiger partial charge in [0.15, 0.2) is 0 Å². The molecule has 0 aliphatic carbocycles. The zero-order valence-electron chi connectivity index (χ0n) is 10.0. The zero-order chi connectivity index (χ0) is 11.2. The molecule has 0 saturated heterocycles. The molecule has 0 atom stereocenters. The molecule has 0 radical (unpaired) electrons. The Morgan fingerprint density at radius 3 is 1.86 bits per heavy atom. The van der Waals surface area contributed by atoms with Crippen molar-refractivity contribution in [1.29, 1.82) is 0 Å². The zero-order valence-corrected chi connectivity index (χ0v) is 10.0. The highest BCUT2D eigenvalue weighted by Gasteiger charge is 2.27. The Balaban J connectivity index is 4.26. The molecule has 0 spiro atoms. The molecule has 82 valence electrons. The summed E-state index contributed by atoms with van der Waals surface area (Å²) in [4.78, 5) is 0. The lowest BCUT2D eigenvalue weighted by atomic mass is 9.82. The maximum Gasteiger partial charge on any atom is 0.0661 e. The summed E-state index contributed by atoms with van der Waals surface area (Å²) in [6, 6.07) is 0. The lowest BCUT2D eigenvalue weighted by molar-refractivity contribution is -0.00602. The van der Waals surface area contributed by atoms with Gasteiger partial charge in [-0.05, 0) is 31.1 Å². The van der Waals surface area contributed by atoms with Crippen molar-refractivity contribution in [2.75, 3.05) is 0 Å². The van der Waals surface area contributed by atoms with E-state index in [1.165, 1.54) is 0 Å². The molecule has 1 N–H and O–H groups in total. The molecular weight excluding hydrogens is 172 g/mol. The minimum absolute atomic E-state index is 0.525. The Morgan fingerprint density at radius 2 is 1.57 bits per heavy atom. The first kappa shape index (κ1) is 13.5. The van der Waals surface area contributed by atoms with Crippen LogP contribution in [0.25, 0.3) is 0 Å². The highest BCUT2D eigenvalue weighted by molar-refractivity contribution is 4.90. The van der Waals surface area contributed by atoms with Crippen LogP contribution in [0.1, 0.15) is 53.4 Å². The molecule has 0 aromatic heterocycles. The molecule has 0 fully saturated rings. The molecule has 1 nitrogen and oxygen atoms in total. The Kier molecular flexibility index (Phi) is 5.88. The third-order valence-corrected chi connectivity index (χ3v) is 2.31. The summed E-state index contributed by atoms with van der Waals surface area (Å²) in [6.07, 6.45) is 8.36. The molecule has 0 aliphatic rings. The van der Waals surface area contributed by atoms with Crippen LogP contribution in [0.15, 0.2) is 0 Å². The van der Waals surface area contributed by atoms with E-state index in [1.54, 1.807) is 0 Å². The van der Waals surface area contributed by atoms with Gasteiger partial charge in [0.05, 0.1) is 5.60 Å². The number of aliphatic hydroxyl groups is 1. The predicted molar refractivity (Wildman–Crippen MR) is 61.9 cm³/mol. The van der Waals surface area contributed by atoms with Crippen molar-refractivity contribution in [2.24, 2.45) is 11.8 Å². The van der Waals surface area contributed by atoms with E-state index in [1.807, 2.05) is 0 Å². The van der Waals surface area contributed by atoms with Gasteiger partial charge in [0.2, 0.25) is 0 Å². The van der Waals surface area contributed by atoms with E-state index in [-0.39, 0.29) is 0 Å². The smallest absolute Gasteiger partial charge is 0.0661 e. The molecule has 0 bridgehead atoms. The average molecular weight is 196 g/mol. The van der Waals surface area contributed by atoms with Crippen molar-refractivity contribution < 1.29 is 5.11 Å². The van der Waals surface area contributed by atoms with Gasteiger partial charge in [-0.25, -0.2) is 0 Å². The highest BCUT2D eigenvalue weighted by atomic mass is 16.3. The molecule has 0 aromatic carbocycles. The minimum atomic E-state index is -0.547. The van der Waals surface area contributed by atoms with E-state index in [0.29, 0.717) is 18.3 Å². The van der Waals surface area contributed by atoms with Crippen LogP contribution in [0.2, 0.25) is 0 Å². The van der Waals surface area contributed by atoms with Crippen LogP contribution >= 0.6 is 0 Å². The van der Waals surface area contributed by atoms with Gasteiger partial charge in [-0.1, -0.05) is 27.7 Å². The van der Waals surface area contributed by atoms with Crippen LogP contribution in [0, 0.1) is 24.2 Å². The van der Waals surface area contributed by atoms with E-state index in [2.05, 4.69) is 33.6 Å². The molecule has 0 amide bonds. The van der Waals surface area contributed by atoms with E-state index in [9.17, 15) is 5.11 Å². The van der Waals surface area contributed by atoms with Gasteiger partial charge in [-0.3, -0.25) is 0 Å². The topological polar surface area (TPSA) is 20.2 Å². The Morgan fingerprint density at radius 1 is 1.14 bits per heavy atom. The van der Waals surface area contributed by atoms with Crippen molar-refractivity contribution in [1.82, 2.24) is 0 Å². The number of hydrogen-bond acceptors (Lipinski definition) is 1. The quantitative estimate of drug-likeness (QED) is 0.647. The van der Waals surface area contributed by atoms with Gasteiger partial charge < -0.3 is 5.11 Å². The maximum atomic E-state index is 10.4. The summed E-state index contributed by atoms with van der Waals surface area (Å²) in [5, 5.41) is 10.4. The fraction of sp³-hybridized carbons (Fsp3) is 0.846. The van der Waals surface area contributed by atoms with E-state index in [0.717, 1.165) is 19.3 Å². The van der Waals surface area contributed by atoms with Crippen LogP contribution < -0.4 is 0 Å². The normalized spacial score (nSPS) is 12.1. The summed E-state index contributed by atoms with van der Waals surface area (Å²) in [6.45, 7) is 8.56. The summed E-state index contributed by atoms with van der Waals surface area (Å²) >= 11 is 0. The van der Waals surface area contributed by atoms with E-state index in [4.69, 9.17) is 6.42 Å². The van der Waals surface area contributed by atoms with Gasteiger partial charge in [0.1, 0.15) is 0 Å². The van der Waals surface area contributed by atoms with Crippen LogP contribution in [0.4, 0.5) is 0 Å². The fourth-order valence-electron chi connectivity index (χ4n) is 2.11. The van der Waals surface area contributed by atoms with Gasteiger partial charge in [0, 0.05) is 6.42 Å². The van der Waals surface area contributed by atoms with Gasteiger partial charge in [0.25, 0.3) is 0 Å². The third-order valence-electron chi connectivity index (χ3n) is 2.31. The summed E-state index contributed by atoms with van der Waals surface area (Å²) in [5.41, 5.74) is -0.547. The molecular formula is C13H24O. The summed E-state index contributed by atoms with van der Waals surface area (Å²) in [7, 11) is 0. The second-order valence-corrected chi connectivity index (χ2v) is 5.12. The van der Waals surface area contributed by atoms with Crippen molar-refractivity contribution in [3.8, 4) is 12.3 Å². The van der Waals surface area contributed by atoms with Crippen LogP contribution in [0.5, 0.6) is 0 Å². The largest absolute Gasteiger partial charge is 0.390 e. The Bertz CT molecular complexity index is 176. The van der Waals surface area contributed by atoms with Crippen LogP contribution in [-0.2, 0) is 0 Å². The number of rotatable bonds is 6. The first-order chi connectivity index (χ1) is 6.39. The molecule has 0 unspecified atom stereocenters. The van der Waals surface area contributed by atoms with Crippen molar-refractivity contribution >= 4 is 0 Å². The average Bonchev–Trinajstić information content (AvgIpc) is 1.97. The molecule has 0 saturated carbocycles. The molecule has 0 aliphatic heterocycles. The number of hydrogen-bond donors (Lipinski definition) is 1. The number of terminal acetylenes is 1. The molecule has 0 heterocycles. The Labute approximate surface area is 88.9 Å². The Hall–Kier alpha value is -0.480. The molecule has 1 heteroatoms. The monoisotopic (exact) mass is 196 g/mol. The van der Waals surface area contributed by atoms with Gasteiger partial charge in [-0.15, -0.1) is 12.3 Å². The molecule has 14 heavy (non-hydrogen) atoms. The van der Waals surface area contributed by atoms with E-state index >= 15 is 0 Å². The van der Waals surface area contributed by atoms with Crippen LogP contribution in [0.3, 0.4) is 0 Å². The van der Waals surface area contributed by atoms with Crippen molar-refractivity contribution in [2.45, 2.75) is 59.0 Å². The molecule has 0 aromatic rings. The fourth-order valence-corrected chi connectivity index (χ4v) is 2.11. The summed E-state index contributed by atoms with van der Waals surface area (Å²) in [5.74, 6) is 3.66. The minimum Gasteiger partial charge on any atom is -0.390 e. The first-order valence-corrected chi connectivity index (χ1v) is 5.55. The third kappa shape index (κ3) is 6.05.